The van der Waals surface area contributed by atoms with Gasteiger partial charge in [-0.2, -0.15) is 13.2 Å². The minimum absolute atomic E-state index is 0.141. The molecule has 0 amide bonds. The predicted octanol–water partition coefficient (Wildman–Crippen LogP) is 4.63. The summed E-state index contributed by atoms with van der Waals surface area (Å²) >= 11 is 5.69. The maximum atomic E-state index is 12.8. The minimum Gasteiger partial charge on any atom is -0.467 e. The summed E-state index contributed by atoms with van der Waals surface area (Å²) in [5, 5.41) is 7.44. The molecule has 3 rings (SSSR count). The van der Waals surface area contributed by atoms with Gasteiger partial charge in [0.2, 0.25) is 0 Å². The van der Waals surface area contributed by atoms with Crippen LogP contribution in [0.25, 0.3) is 11.0 Å². The van der Waals surface area contributed by atoms with Crippen molar-refractivity contribution in [1.82, 2.24) is 15.0 Å². The Kier molecular flexibility index (Phi) is 4.97. The molecule has 0 aliphatic rings. The van der Waals surface area contributed by atoms with Crippen molar-refractivity contribution in [3.63, 3.8) is 0 Å². The van der Waals surface area contributed by atoms with Gasteiger partial charge in [0.25, 0.3) is 0 Å². The van der Waals surface area contributed by atoms with E-state index in [0.717, 1.165) is 12.1 Å². The highest BCUT2D eigenvalue weighted by Gasteiger charge is 2.33. The Balaban J connectivity index is 1.87. The van der Waals surface area contributed by atoms with Gasteiger partial charge in [-0.05, 0) is 31.2 Å². The van der Waals surface area contributed by atoms with Crippen LogP contribution in [0.3, 0.4) is 0 Å². The van der Waals surface area contributed by atoms with E-state index >= 15 is 0 Å². The van der Waals surface area contributed by atoms with Gasteiger partial charge in [0.05, 0.1) is 23.2 Å². The average Bonchev–Trinajstić information content (AvgIpc) is 3.02. The van der Waals surface area contributed by atoms with Crippen molar-refractivity contribution in [2.24, 2.45) is 0 Å². The Bertz CT molecular complexity index is 1000. The van der Waals surface area contributed by atoms with Crippen molar-refractivity contribution in [1.29, 1.82) is 0 Å². The third-order valence-corrected chi connectivity index (χ3v) is 4.15. The highest BCUT2D eigenvalue weighted by atomic mass is 35.5. The van der Waals surface area contributed by atoms with Crippen molar-refractivity contribution < 1.29 is 27.4 Å². The first kappa shape index (κ1) is 19.0. The van der Waals surface area contributed by atoms with E-state index in [-0.39, 0.29) is 5.75 Å². The number of rotatable bonds is 4. The number of halogens is 4. The molecule has 142 valence electrons. The normalized spacial score (nSPS) is 12.8. The molecule has 0 spiro atoms. The van der Waals surface area contributed by atoms with Gasteiger partial charge in [-0.15, -0.1) is 5.10 Å². The smallest absolute Gasteiger partial charge is 0.417 e. The highest BCUT2D eigenvalue weighted by molar-refractivity contribution is 6.31. The van der Waals surface area contributed by atoms with Gasteiger partial charge >= 0.3 is 12.1 Å². The van der Waals surface area contributed by atoms with Gasteiger partial charge < -0.3 is 9.47 Å². The molecule has 0 bridgehead atoms. The van der Waals surface area contributed by atoms with Gasteiger partial charge in [-0.25, -0.2) is 9.48 Å². The Hall–Kier alpha value is -2.81. The Labute approximate surface area is 156 Å². The van der Waals surface area contributed by atoms with Crippen molar-refractivity contribution >= 4 is 28.6 Å². The zero-order chi connectivity index (χ0) is 19.8. The van der Waals surface area contributed by atoms with Crippen LogP contribution in [-0.4, -0.2) is 28.1 Å². The van der Waals surface area contributed by atoms with E-state index in [4.69, 9.17) is 16.3 Å². The fourth-order valence-electron chi connectivity index (χ4n) is 2.47. The number of nitrogens with zero attached hydrogens (tertiary/aromatic N) is 3. The first-order valence-electron chi connectivity index (χ1n) is 7.68. The molecule has 1 atom stereocenters. The van der Waals surface area contributed by atoms with E-state index < -0.39 is 28.8 Å². The molecule has 27 heavy (non-hydrogen) atoms. The molecule has 0 fully saturated rings. The van der Waals surface area contributed by atoms with Crippen LogP contribution in [0.2, 0.25) is 5.02 Å². The Morgan fingerprint density at radius 3 is 2.48 bits per heavy atom. The molecule has 1 heterocycles. The molecule has 3 aromatic rings. The first-order chi connectivity index (χ1) is 12.7. The molecule has 1 unspecified atom stereocenters. The lowest BCUT2D eigenvalue weighted by molar-refractivity contribution is -0.144. The molecule has 0 radical (unpaired) electrons. The second-order valence-electron chi connectivity index (χ2n) is 5.63. The van der Waals surface area contributed by atoms with E-state index in [1.54, 1.807) is 25.1 Å². The topological polar surface area (TPSA) is 66.2 Å². The average molecular weight is 400 g/mol. The molecule has 1 aromatic heterocycles. The summed E-state index contributed by atoms with van der Waals surface area (Å²) < 4.78 is 49.9. The van der Waals surface area contributed by atoms with Gasteiger partial charge in [0.15, 0.2) is 0 Å². The van der Waals surface area contributed by atoms with Crippen molar-refractivity contribution in [3.05, 3.63) is 47.0 Å². The monoisotopic (exact) mass is 399 g/mol. The minimum atomic E-state index is -4.54. The van der Waals surface area contributed by atoms with E-state index in [9.17, 15) is 18.0 Å². The number of fused-ring (bicyclic) bond motifs is 1. The molecule has 6 nitrogen and oxygen atoms in total. The second kappa shape index (κ2) is 7.07. The summed E-state index contributed by atoms with van der Waals surface area (Å²) in [7, 11) is 1.28. The number of hydrogen-bond donors (Lipinski definition) is 0. The van der Waals surface area contributed by atoms with E-state index in [1.807, 2.05) is 0 Å². The number of benzene rings is 2. The first-order valence-corrected chi connectivity index (χ1v) is 8.06. The number of ether oxygens (including phenoxy) is 2. The van der Waals surface area contributed by atoms with Gasteiger partial charge in [-0.1, -0.05) is 16.8 Å². The number of hydrogen-bond acceptors (Lipinski definition) is 5. The molecule has 2 aromatic carbocycles. The van der Waals surface area contributed by atoms with Gasteiger partial charge in [0, 0.05) is 12.1 Å². The number of esters is 1. The molecule has 0 aliphatic heterocycles. The molecule has 0 saturated carbocycles. The maximum Gasteiger partial charge on any atom is 0.417 e. The number of methoxy groups -OCH3 is 1. The highest BCUT2D eigenvalue weighted by Crippen LogP contribution is 2.37. The van der Waals surface area contributed by atoms with E-state index in [2.05, 4.69) is 15.0 Å². The Morgan fingerprint density at radius 1 is 1.19 bits per heavy atom. The summed E-state index contributed by atoms with van der Waals surface area (Å²) in [6.45, 7) is 1.62. The third kappa shape index (κ3) is 3.82. The largest absolute Gasteiger partial charge is 0.467 e. The molecule has 0 aliphatic carbocycles. The molecule has 0 saturated heterocycles. The summed E-state index contributed by atoms with van der Waals surface area (Å²) in [6, 6.07) is 7.22. The van der Waals surface area contributed by atoms with Crippen LogP contribution in [0.5, 0.6) is 11.5 Å². The van der Waals surface area contributed by atoms with E-state index in [0.29, 0.717) is 16.8 Å². The lowest BCUT2D eigenvalue weighted by atomic mass is 10.2. The third-order valence-electron chi connectivity index (χ3n) is 3.83. The molecular formula is C17H13ClF3N3O3. The predicted molar refractivity (Wildman–Crippen MR) is 90.8 cm³/mol. The summed E-state index contributed by atoms with van der Waals surface area (Å²) in [5.41, 5.74) is 0.0821. The van der Waals surface area contributed by atoms with Crippen LogP contribution >= 0.6 is 11.6 Å². The SMILES string of the molecule is COC(=O)C(C)n1nnc2cc(Oc3ccc(C(F)(F)F)c(Cl)c3)ccc21. The summed E-state index contributed by atoms with van der Waals surface area (Å²) in [6.07, 6.45) is -4.54. The van der Waals surface area contributed by atoms with Crippen LogP contribution in [0.4, 0.5) is 13.2 Å². The molecule has 10 heteroatoms. The van der Waals surface area contributed by atoms with Crippen LogP contribution in [0, 0.1) is 0 Å². The number of alkyl halides is 3. The van der Waals surface area contributed by atoms with Crippen LogP contribution in [0.1, 0.15) is 18.5 Å². The summed E-state index contributed by atoms with van der Waals surface area (Å²) in [4.78, 5) is 11.7. The van der Waals surface area contributed by atoms with Crippen molar-refractivity contribution in [3.8, 4) is 11.5 Å². The van der Waals surface area contributed by atoms with Crippen molar-refractivity contribution in [2.45, 2.75) is 19.1 Å². The lowest BCUT2D eigenvalue weighted by Crippen LogP contribution is -2.18. The van der Waals surface area contributed by atoms with Crippen LogP contribution in [0.15, 0.2) is 36.4 Å². The van der Waals surface area contributed by atoms with Crippen LogP contribution in [-0.2, 0) is 15.7 Å². The second-order valence-corrected chi connectivity index (χ2v) is 6.03. The fourth-order valence-corrected chi connectivity index (χ4v) is 2.74. The number of carbonyl (C=O) groups is 1. The van der Waals surface area contributed by atoms with E-state index in [1.165, 1.54) is 17.9 Å². The maximum absolute atomic E-state index is 12.8. The lowest BCUT2D eigenvalue weighted by Gasteiger charge is -2.12. The number of carbonyl (C=O) groups excluding carboxylic acids is 1. The number of aromatic nitrogens is 3. The summed E-state index contributed by atoms with van der Waals surface area (Å²) in [5.74, 6) is 0.000268. The van der Waals surface area contributed by atoms with Crippen molar-refractivity contribution in [2.75, 3.05) is 7.11 Å². The quantitative estimate of drug-likeness (QED) is 0.598. The Morgan fingerprint density at radius 2 is 1.85 bits per heavy atom. The van der Waals surface area contributed by atoms with Gasteiger partial charge in [0.1, 0.15) is 23.1 Å². The fraction of sp³-hybridized carbons (Fsp3) is 0.235. The zero-order valence-corrected chi connectivity index (χ0v) is 14.9. The molecule has 0 N–H and O–H groups in total. The van der Waals surface area contributed by atoms with Crippen LogP contribution < -0.4 is 4.74 Å². The zero-order valence-electron chi connectivity index (χ0n) is 14.1. The van der Waals surface area contributed by atoms with Gasteiger partial charge in [-0.3, -0.25) is 0 Å². The molecular weight excluding hydrogens is 387 g/mol. The standard InChI is InChI=1S/C17H13ClF3N3O3/c1-9(16(25)26-2)24-15-6-4-11(8-14(15)22-23-24)27-10-3-5-12(13(18)7-10)17(19,20)21/h3-9H,1-2H3.